The fourth-order valence-electron chi connectivity index (χ4n) is 1.46. The van der Waals surface area contributed by atoms with E-state index in [0.717, 1.165) is 26.2 Å². The first-order valence-corrected chi connectivity index (χ1v) is 4.62. The minimum Gasteiger partial charge on any atom is -0.351 e. The Labute approximate surface area is 85.8 Å². The Kier molecular flexibility index (Phi) is 2.68. The summed E-state index contributed by atoms with van der Waals surface area (Å²) in [5.41, 5.74) is 4.99. The zero-order valence-corrected chi connectivity index (χ0v) is 8.06. The van der Waals surface area contributed by atoms with E-state index in [-0.39, 0.29) is 5.82 Å². The Morgan fingerprint density at radius 1 is 1.53 bits per heavy atom. The average molecular weight is 212 g/mol. The van der Waals surface area contributed by atoms with Crippen LogP contribution in [0.25, 0.3) is 0 Å². The molecule has 0 bridgehead atoms. The van der Waals surface area contributed by atoms with Crippen molar-refractivity contribution in [1.82, 2.24) is 15.7 Å². The van der Waals surface area contributed by atoms with Crippen molar-refractivity contribution in [3.05, 3.63) is 0 Å². The molecule has 0 saturated carbocycles. The lowest BCUT2D eigenvalue weighted by Crippen LogP contribution is -2.43. The van der Waals surface area contributed by atoms with Gasteiger partial charge in [0.15, 0.2) is 0 Å². The maximum absolute atomic E-state index is 10.7. The van der Waals surface area contributed by atoms with Gasteiger partial charge in [-0.2, -0.15) is 0 Å². The summed E-state index contributed by atoms with van der Waals surface area (Å²) in [6.07, 6.45) is 0. The molecule has 0 spiro atoms. The second kappa shape index (κ2) is 4.13. The lowest BCUT2D eigenvalue weighted by Gasteiger charge is -2.26. The molecule has 2 heterocycles. The van der Waals surface area contributed by atoms with Gasteiger partial charge in [0.25, 0.3) is 5.88 Å². The second-order valence-electron chi connectivity index (χ2n) is 3.15. The largest absolute Gasteiger partial charge is 0.351 e. The lowest BCUT2D eigenvalue weighted by molar-refractivity contribution is 0.259. The third-order valence-corrected chi connectivity index (χ3v) is 2.12. The molecule has 0 unspecified atom stereocenters. The summed E-state index contributed by atoms with van der Waals surface area (Å²) >= 11 is 0. The number of aromatic nitrogens is 2. The van der Waals surface area contributed by atoms with Crippen molar-refractivity contribution in [3.8, 4) is 0 Å². The third-order valence-electron chi connectivity index (χ3n) is 2.12. The number of piperazine rings is 1. The van der Waals surface area contributed by atoms with E-state index in [4.69, 9.17) is 10.3 Å². The molecule has 1 aliphatic heterocycles. The SMILES string of the molecule is NC(=O)Nc1nnoc1N1CCNCC1. The van der Waals surface area contributed by atoms with Crippen LogP contribution in [0.1, 0.15) is 0 Å². The number of nitrogens with two attached hydrogens (primary N) is 1. The zero-order valence-electron chi connectivity index (χ0n) is 8.06. The lowest BCUT2D eigenvalue weighted by atomic mass is 10.3. The zero-order chi connectivity index (χ0) is 10.7. The van der Waals surface area contributed by atoms with Gasteiger partial charge in [-0.05, 0) is 0 Å². The minimum atomic E-state index is -0.679. The van der Waals surface area contributed by atoms with Crippen LogP contribution in [-0.4, -0.2) is 42.6 Å². The van der Waals surface area contributed by atoms with Gasteiger partial charge in [-0.1, -0.05) is 5.10 Å². The van der Waals surface area contributed by atoms with Gasteiger partial charge in [0.1, 0.15) is 0 Å². The summed E-state index contributed by atoms with van der Waals surface area (Å²) in [4.78, 5) is 12.6. The molecule has 8 nitrogen and oxygen atoms in total. The number of primary amides is 1. The van der Waals surface area contributed by atoms with Gasteiger partial charge in [0.2, 0.25) is 5.82 Å². The first-order chi connectivity index (χ1) is 7.27. The topological polar surface area (TPSA) is 109 Å². The first-order valence-electron chi connectivity index (χ1n) is 4.62. The Morgan fingerprint density at radius 2 is 2.27 bits per heavy atom. The van der Waals surface area contributed by atoms with Crippen LogP contribution in [-0.2, 0) is 0 Å². The summed E-state index contributed by atoms with van der Waals surface area (Å²) in [7, 11) is 0. The number of rotatable bonds is 2. The normalized spacial score (nSPS) is 16.4. The van der Waals surface area contributed by atoms with E-state index in [0.29, 0.717) is 5.88 Å². The van der Waals surface area contributed by atoms with Crippen LogP contribution in [0.3, 0.4) is 0 Å². The summed E-state index contributed by atoms with van der Waals surface area (Å²) < 4.78 is 4.97. The fourth-order valence-corrected chi connectivity index (χ4v) is 1.46. The molecule has 4 N–H and O–H groups in total. The molecule has 0 atom stereocenters. The quantitative estimate of drug-likeness (QED) is 0.578. The van der Waals surface area contributed by atoms with Crippen molar-refractivity contribution < 1.29 is 9.32 Å². The van der Waals surface area contributed by atoms with Crippen molar-refractivity contribution in [2.75, 3.05) is 36.4 Å². The number of nitrogens with zero attached hydrogens (tertiary/aromatic N) is 3. The van der Waals surface area contributed by atoms with E-state index in [9.17, 15) is 4.79 Å². The average Bonchev–Trinajstić information content (AvgIpc) is 2.66. The van der Waals surface area contributed by atoms with Crippen LogP contribution >= 0.6 is 0 Å². The van der Waals surface area contributed by atoms with Crippen molar-refractivity contribution in [2.45, 2.75) is 0 Å². The Morgan fingerprint density at radius 3 is 2.93 bits per heavy atom. The van der Waals surface area contributed by atoms with Gasteiger partial charge >= 0.3 is 6.03 Å². The highest BCUT2D eigenvalue weighted by Gasteiger charge is 2.20. The maximum Gasteiger partial charge on any atom is 0.317 e. The molecule has 82 valence electrons. The Balaban J connectivity index is 2.12. The van der Waals surface area contributed by atoms with E-state index in [2.05, 4.69) is 21.0 Å². The van der Waals surface area contributed by atoms with Gasteiger partial charge < -0.3 is 20.5 Å². The highest BCUT2D eigenvalue weighted by atomic mass is 16.5. The van der Waals surface area contributed by atoms with Gasteiger partial charge in [-0.25, -0.2) is 4.79 Å². The minimum absolute atomic E-state index is 0.268. The Bertz CT molecular complexity index is 345. The predicted octanol–water partition coefficient (Wildman–Crippen LogP) is -1.03. The molecule has 0 aromatic carbocycles. The molecule has 1 aromatic heterocycles. The highest BCUT2D eigenvalue weighted by Crippen LogP contribution is 2.22. The third kappa shape index (κ3) is 2.15. The summed E-state index contributed by atoms with van der Waals surface area (Å²) in [6, 6.07) is -0.679. The monoisotopic (exact) mass is 212 g/mol. The second-order valence-corrected chi connectivity index (χ2v) is 3.15. The van der Waals surface area contributed by atoms with Crippen LogP contribution in [0.4, 0.5) is 16.5 Å². The van der Waals surface area contributed by atoms with E-state index in [1.165, 1.54) is 0 Å². The number of anilines is 2. The van der Waals surface area contributed by atoms with E-state index in [1.807, 2.05) is 4.90 Å². The molecule has 1 saturated heterocycles. The molecule has 2 rings (SSSR count). The standard InChI is InChI=1S/C7H12N6O2/c8-7(14)10-5-6(15-12-11-5)13-3-1-9-2-4-13/h9H,1-4H2,(H3,8,10,14). The predicted molar refractivity (Wildman–Crippen MR) is 52.6 cm³/mol. The summed E-state index contributed by atoms with van der Waals surface area (Å²) in [6.45, 7) is 3.28. The van der Waals surface area contributed by atoms with Crippen LogP contribution in [0.2, 0.25) is 0 Å². The summed E-state index contributed by atoms with van der Waals surface area (Å²) in [5, 5.41) is 12.6. The highest BCUT2D eigenvalue weighted by molar-refractivity contribution is 5.89. The number of urea groups is 1. The molecule has 0 aliphatic carbocycles. The van der Waals surface area contributed by atoms with Crippen LogP contribution in [0.5, 0.6) is 0 Å². The number of hydrogen-bond acceptors (Lipinski definition) is 6. The van der Waals surface area contributed by atoms with E-state index in [1.54, 1.807) is 0 Å². The number of amides is 2. The molecule has 0 radical (unpaired) electrons. The molecule has 2 amide bonds. The van der Waals surface area contributed by atoms with Crippen molar-refractivity contribution >= 4 is 17.7 Å². The van der Waals surface area contributed by atoms with Crippen molar-refractivity contribution in [3.63, 3.8) is 0 Å². The van der Waals surface area contributed by atoms with E-state index < -0.39 is 6.03 Å². The van der Waals surface area contributed by atoms with Crippen LogP contribution in [0, 0.1) is 0 Å². The smallest absolute Gasteiger partial charge is 0.317 e. The first kappa shape index (κ1) is 9.71. The van der Waals surface area contributed by atoms with Gasteiger partial charge in [-0.15, -0.1) is 0 Å². The number of hydrogen-bond donors (Lipinski definition) is 3. The number of carbonyl (C=O) groups is 1. The van der Waals surface area contributed by atoms with Gasteiger partial charge in [0, 0.05) is 31.5 Å². The molecule has 8 heteroatoms. The fraction of sp³-hybridized carbons (Fsp3) is 0.571. The molecular weight excluding hydrogens is 200 g/mol. The molecule has 1 aliphatic rings. The molecule has 1 aromatic rings. The number of nitrogens with one attached hydrogen (secondary N) is 2. The van der Waals surface area contributed by atoms with Gasteiger partial charge in [-0.3, -0.25) is 5.32 Å². The van der Waals surface area contributed by atoms with Crippen molar-refractivity contribution in [2.24, 2.45) is 5.73 Å². The van der Waals surface area contributed by atoms with Crippen molar-refractivity contribution in [1.29, 1.82) is 0 Å². The Hall–Kier alpha value is -1.83. The van der Waals surface area contributed by atoms with E-state index >= 15 is 0 Å². The maximum atomic E-state index is 10.7. The van der Waals surface area contributed by atoms with Gasteiger partial charge in [0.05, 0.1) is 0 Å². The number of carbonyl (C=O) groups excluding carboxylic acids is 1. The summed E-state index contributed by atoms with van der Waals surface area (Å²) in [5.74, 6) is 0.722. The molecule has 15 heavy (non-hydrogen) atoms. The van der Waals surface area contributed by atoms with Crippen LogP contribution < -0.4 is 21.3 Å². The molecule has 1 fully saturated rings. The van der Waals surface area contributed by atoms with Crippen LogP contribution in [0.15, 0.2) is 4.52 Å². The molecular formula is C7H12N6O2.